The van der Waals surface area contributed by atoms with Gasteiger partial charge in [-0.15, -0.1) is 0 Å². The summed E-state index contributed by atoms with van der Waals surface area (Å²) < 4.78 is 4.52. The average molecular weight is 201 g/mol. The van der Waals surface area contributed by atoms with E-state index in [-0.39, 0.29) is 24.2 Å². The molecule has 1 atom stereocenters. The van der Waals surface area contributed by atoms with Crippen molar-refractivity contribution in [2.75, 3.05) is 13.7 Å². The van der Waals surface area contributed by atoms with Gasteiger partial charge in [0.2, 0.25) is 5.91 Å². The van der Waals surface area contributed by atoms with Crippen molar-refractivity contribution >= 4 is 11.9 Å². The molecule has 4 heteroatoms. The smallest absolute Gasteiger partial charge is 0.308 e. The highest BCUT2D eigenvalue weighted by molar-refractivity contribution is 5.82. The molecule has 0 fully saturated rings. The largest absolute Gasteiger partial charge is 0.469 e. The van der Waals surface area contributed by atoms with E-state index < -0.39 is 0 Å². The second kappa shape index (κ2) is 7.35. The third-order valence-corrected chi connectivity index (χ3v) is 1.95. The first kappa shape index (κ1) is 12.9. The van der Waals surface area contributed by atoms with Crippen LogP contribution < -0.4 is 5.32 Å². The number of ether oxygens (including phenoxy) is 1. The molecule has 14 heavy (non-hydrogen) atoms. The van der Waals surface area contributed by atoms with Crippen molar-refractivity contribution in [3.63, 3.8) is 0 Å². The van der Waals surface area contributed by atoms with Crippen molar-refractivity contribution in [1.29, 1.82) is 0 Å². The lowest BCUT2D eigenvalue weighted by Gasteiger charge is -2.08. The van der Waals surface area contributed by atoms with Gasteiger partial charge in [0.1, 0.15) is 0 Å². The van der Waals surface area contributed by atoms with Gasteiger partial charge in [0.05, 0.1) is 13.0 Å². The maximum absolute atomic E-state index is 11.2. The Balaban J connectivity index is 3.65. The fraction of sp³-hybridized carbons (Fsp3) is 0.800. The van der Waals surface area contributed by atoms with Crippen LogP contribution in [0.25, 0.3) is 0 Å². The topological polar surface area (TPSA) is 55.4 Å². The summed E-state index contributed by atoms with van der Waals surface area (Å²) in [4.78, 5) is 22.2. The Morgan fingerprint density at radius 3 is 2.57 bits per heavy atom. The summed E-state index contributed by atoms with van der Waals surface area (Å²) in [6.45, 7) is 4.43. The third kappa shape index (κ3) is 5.56. The van der Waals surface area contributed by atoms with Gasteiger partial charge in [-0.3, -0.25) is 9.59 Å². The number of esters is 1. The highest BCUT2D eigenvalue weighted by Gasteiger charge is 2.16. The second-order valence-electron chi connectivity index (χ2n) is 3.33. The van der Waals surface area contributed by atoms with Crippen LogP contribution in [-0.2, 0) is 14.3 Å². The van der Waals surface area contributed by atoms with Gasteiger partial charge in [-0.1, -0.05) is 20.3 Å². The van der Waals surface area contributed by atoms with Crippen LogP contribution in [0.3, 0.4) is 0 Å². The second-order valence-corrected chi connectivity index (χ2v) is 3.33. The molecule has 0 radical (unpaired) electrons. The van der Waals surface area contributed by atoms with E-state index >= 15 is 0 Å². The van der Waals surface area contributed by atoms with E-state index in [0.717, 1.165) is 12.8 Å². The van der Waals surface area contributed by atoms with E-state index in [9.17, 15) is 9.59 Å². The molecule has 0 aromatic carbocycles. The molecule has 0 saturated heterocycles. The van der Waals surface area contributed by atoms with Gasteiger partial charge in [0.25, 0.3) is 0 Å². The van der Waals surface area contributed by atoms with Crippen LogP contribution in [0, 0.1) is 5.92 Å². The van der Waals surface area contributed by atoms with Crippen LogP contribution in [0.2, 0.25) is 0 Å². The number of nitrogens with one attached hydrogen (secondary N) is 1. The monoisotopic (exact) mass is 201 g/mol. The fourth-order valence-electron chi connectivity index (χ4n) is 1.04. The van der Waals surface area contributed by atoms with Gasteiger partial charge >= 0.3 is 5.97 Å². The molecule has 0 aromatic rings. The van der Waals surface area contributed by atoms with Crippen molar-refractivity contribution in [2.24, 2.45) is 5.92 Å². The zero-order valence-electron chi connectivity index (χ0n) is 9.13. The van der Waals surface area contributed by atoms with Crippen LogP contribution in [0.5, 0.6) is 0 Å². The normalized spacial score (nSPS) is 11.9. The quantitative estimate of drug-likeness (QED) is 0.517. The van der Waals surface area contributed by atoms with Crippen molar-refractivity contribution < 1.29 is 14.3 Å². The molecule has 0 spiro atoms. The van der Waals surface area contributed by atoms with Gasteiger partial charge in [-0.05, 0) is 6.42 Å². The number of methoxy groups -OCH3 is 1. The lowest BCUT2D eigenvalue weighted by Crippen LogP contribution is -2.28. The molecule has 0 rings (SSSR count). The van der Waals surface area contributed by atoms with Crippen LogP contribution in [0.4, 0.5) is 0 Å². The van der Waals surface area contributed by atoms with Crippen molar-refractivity contribution in [1.82, 2.24) is 5.32 Å². The summed E-state index contributed by atoms with van der Waals surface area (Å²) in [5.41, 5.74) is 0. The average Bonchev–Trinajstić information content (AvgIpc) is 2.16. The van der Waals surface area contributed by atoms with E-state index in [1.54, 1.807) is 6.92 Å². The summed E-state index contributed by atoms with van der Waals surface area (Å²) in [6, 6.07) is 0. The Kier molecular flexibility index (Phi) is 6.80. The van der Waals surface area contributed by atoms with Crippen LogP contribution >= 0.6 is 0 Å². The molecular weight excluding hydrogens is 182 g/mol. The molecule has 82 valence electrons. The van der Waals surface area contributed by atoms with Crippen LogP contribution in [0.1, 0.15) is 33.1 Å². The summed E-state index contributed by atoms with van der Waals surface area (Å²) in [5.74, 6) is -0.784. The summed E-state index contributed by atoms with van der Waals surface area (Å²) in [7, 11) is 1.33. The molecule has 0 saturated carbocycles. The van der Waals surface area contributed by atoms with Gasteiger partial charge < -0.3 is 10.1 Å². The number of carbonyl (C=O) groups is 2. The van der Waals surface area contributed by atoms with E-state index in [1.165, 1.54) is 7.11 Å². The summed E-state index contributed by atoms with van der Waals surface area (Å²) in [6.07, 6.45) is 2.22. The summed E-state index contributed by atoms with van der Waals surface area (Å²) >= 11 is 0. The minimum absolute atomic E-state index is 0.0867. The van der Waals surface area contributed by atoms with E-state index in [1.807, 2.05) is 0 Å². The van der Waals surface area contributed by atoms with E-state index in [4.69, 9.17) is 0 Å². The highest BCUT2D eigenvalue weighted by atomic mass is 16.5. The lowest BCUT2D eigenvalue weighted by molar-refractivity contribution is -0.146. The Morgan fingerprint density at radius 2 is 2.07 bits per heavy atom. The first-order valence-corrected chi connectivity index (χ1v) is 4.96. The molecule has 0 bridgehead atoms. The highest BCUT2D eigenvalue weighted by Crippen LogP contribution is 2.03. The van der Waals surface area contributed by atoms with Gasteiger partial charge in [-0.2, -0.15) is 0 Å². The molecule has 0 aliphatic carbocycles. The minimum Gasteiger partial charge on any atom is -0.469 e. The van der Waals surface area contributed by atoms with Crippen molar-refractivity contribution in [3.8, 4) is 0 Å². The van der Waals surface area contributed by atoms with Crippen LogP contribution in [-0.4, -0.2) is 25.5 Å². The number of amides is 1. The first-order chi connectivity index (χ1) is 6.61. The number of hydrogen-bond acceptors (Lipinski definition) is 3. The summed E-state index contributed by atoms with van der Waals surface area (Å²) in [5, 5.41) is 2.75. The number of hydrogen-bond donors (Lipinski definition) is 1. The zero-order valence-corrected chi connectivity index (χ0v) is 9.13. The van der Waals surface area contributed by atoms with Crippen molar-refractivity contribution in [2.45, 2.75) is 33.1 Å². The minimum atomic E-state index is -0.360. The molecule has 1 amide bonds. The standard InChI is InChI=1S/C10H19NO3/c1-4-5-6-11-9(12)7-8(2)10(13)14-3/h8H,4-7H2,1-3H3,(H,11,12)/t8-/m1/s1. The fourth-order valence-corrected chi connectivity index (χ4v) is 1.04. The molecular formula is C10H19NO3. The molecule has 0 unspecified atom stereocenters. The van der Waals surface area contributed by atoms with Gasteiger partial charge in [0.15, 0.2) is 0 Å². The Labute approximate surface area is 85.0 Å². The Bertz CT molecular complexity index is 192. The maximum atomic E-state index is 11.2. The molecule has 0 aliphatic heterocycles. The van der Waals surface area contributed by atoms with Gasteiger partial charge in [0, 0.05) is 13.0 Å². The predicted molar refractivity (Wildman–Crippen MR) is 53.7 cm³/mol. The number of rotatable bonds is 6. The van der Waals surface area contributed by atoms with Gasteiger partial charge in [-0.25, -0.2) is 0 Å². The molecule has 0 heterocycles. The zero-order chi connectivity index (χ0) is 11.0. The van der Waals surface area contributed by atoms with Crippen molar-refractivity contribution in [3.05, 3.63) is 0 Å². The van der Waals surface area contributed by atoms with E-state index in [0.29, 0.717) is 6.54 Å². The lowest BCUT2D eigenvalue weighted by atomic mass is 10.1. The maximum Gasteiger partial charge on any atom is 0.308 e. The molecule has 0 aromatic heterocycles. The molecule has 4 nitrogen and oxygen atoms in total. The third-order valence-electron chi connectivity index (χ3n) is 1.95. The first-order valence-electron chi connectivity index (χ1n) is 4.96. The molecule has 1 N–H and O–H groups in total. The van der Waals surface area contributed by atoms with Crippen LogP contribution in [0.15, 0.2) is 0 Å². The Hall–Kier alpha value is -1.06. The predicted octanol–water partition coefficient (Wildman–Crippen LogP) is 1.10. The molecule has 0 aliphatic rings. The number of carbonyl (C=O) groups excluding carboxylic acids is 2. The van der Waals surface area contributed by atoms with E-state index in [2.05, 4.69) is 17.0 Å². The Morgan fingerprint density at radius 1 is 1.43 bits per heavy atom. The number of unbranched alkanes of at least 4 members (excludes halogenated alkanes) is 1. The SMILES string of the molecule is CCCCNC(=O)C[C@@H](C)C(=O)OC.